The molecule has 0 unspecified atom stereocenters. The Morgan fingerprint density at radius 2 is 2.07 bits per heavy atom. The molecule has 1 aromatic heterocycles. The molecule has 4 heteroatoms. The number of carbonyl (C=O) groups excluding carboxylic acids is 1. The summed E-state index contributed by atoms with van der Waals surface area (Å²) in [4.78, 5) is 19.4. The number of ketones is 1. The molecule has 0 N–H and O–H groups in total. The Morgan fingerprint density at radius 3 is 2.73 bits per heavy atom. The molecule has 0 saturated carbocycles. The van der Waals surface area contributed by atoms with Crippen LogP contribution in [0.5, 0.6) is 0 Å². The van der Waals surface area contributed by atoms with Gasteiger partial charge in [-0.3, -0.25) is 4.79 Å². The number of hydrogen-bond donors (Lipinski definition) is 0. The lowest BCUT2D eigenvalue weighted by atomic mass is 10.2. The molecule has 3 nitrogen and oxygen atoms in total. The summed E-state index contributed by atoms with van der Waals surface area (Å²) in [5.41, 5.74) is 1.50. The van der Waals surface area contributed by atoms with Gasteiger partial charge in [0.25, 0.3) is 0 Å². The maximum absolute atomic E-state index is 11.2. The third kappa shape index (κ3) is 1.83. The smallest absolute Gasteiger partial charge is 0.196 e. The summed E-state index contributed by atoms with van der Waals surface area (Å²) in [6.07, 6.45) is 0. The number of carbonyl (C=O) groups is 1. The second-order valence-electron chi connectivity index (χ2n) is 3.35. The topological polar surface area (TPSA) is 42.9 Å². The Bertz CT molecular complexity index is 552. The first-order chi connectivity index (χ1) is 7.08. The van der Waals surface area contributed by atoms with E-state index in [0.717, 1.165) is 11.1 Å². The van der Waals surface area contributed by atoms with E-state index in [4.69, 9.17) is 11.6 Å². The summed E-state index contributed by atoms with van der Waals surface area (Å²) in [5.74, 6) is 0.0993. The maximum Gasteiger partial charge on any atom is 0.196 e. The molecule has 0 amide bonds. The summed E-state index contributed by atoms with van der Waals surface area (Å²) in [5, 5.41) is 1.53. The van der Waals surface area contributed by atoms with Crippen LogP contribution >= 0.6 is 11.6 Å². The summed E-state index contributed by atoms with van der Waals surface area (Å²) in [7, 11) is 0. The normalized spacial score (nSPS) is 10.6. The SMILES string of the molecule is CC(=O)c1nc(C)c2ccc(Cl)cc2n1. The molecule has 0 saturated heterocycles. The van der Waals surface area contributed by atoms with Crippen LogP contribution < -0.4 is 0 Å². The van der Waals surface area contributed by atoms with Crippen molar-refractivity contribution in [1.29, 1.82) is 0 Å². The molecule has 0 spiro atoms. The number of benzene rings is 1. The second-order valence-corrected chi connectivity index (χ2v) is 3.79. The van der Waals surface area contributed by atoms with Gasteiger partial charge in [-0.15, -0.1) is 0 Å². The van der Waals surface area contributed by atoms with Crippen molar-refractivity contribution in [1.82, 2.24) is 9.97 Å². The van der Waals surface area contributed by atoms with E-state index in [9.17, 15) is 4.79 Å². The summed E-state index contributed by atoms with van der Waals surface area (Å²) >= 11 is 5.86. The highest BCUT2D eigenvalue weighted by Crippen LogP contribution is 2.19. The van der Waals surface area contributed by atoms with Crippen molar-refractivity contribution >= 4 is 28.3 Å². The number of hydrogen-bond acceptors (Lipinski definition) is 3. The Hall–Kier alpha value is -1.48. The van der Waals surface area contributed by atoms with Gasteiger partial charge in [0.05, 0.1) is 5.52 Å². The number of rotatable bonds is 1. The summed E-state index contributed by atoms with van der Waals surface area (Å²) < 4.78 is 0. The van der Waals surface area contributed by atoms with E-state index in [-0.39, 0.29) is 11.6 Å². The third-order valence-corrected chi connectivity index (χ3v) is 2.40. The van der Waals surface area contributed by atoms with Crippen LogP contribution in [-0.4, -0.2) is 15.8 Å². The number of nitrogens with zero attached hydrogens (tertiary/aromatic N) is 2. The van der Waals surface area contributed by atoms with Gasteiger partial charge in [-0.1, -0.05) is 11.6 Å². The highest BCUT2D eigenvalue weighted by molar-refractivity contribution is 6.31. The number of fused-ring (bicyclic) bond motifs is 1. The molecule has 1 heterocycles. The molecule has 1 aromatic carbocycles. The zero-order valence-corrected chi connectivity index (χ0v) is 9.17. The third-order valence-electron chi connectivity index (χ3n) is 2.16. The van der Waals surface area contributed by atoms with Gasteiger partial charge in [0.15, 0.2) is 11.6 Å². The van der Waals surface area contributed by atoms with Crippen molar-refractivity contribution in [2.75, 3.05) is 0 Å². The van der Waals surface area contributed by atoms with Gasteiger partial charge in [-0.05, 0) is 25.1 Å². The molecule has 76 valence electrons. The first-order valence-electron chi connectivity index (χ1n) is 4.53. The minimum Gasteiger partial charge on any atom is -0.291 e. The lowest BCUT2D eigenvalue weighted by Crippen LogP contribution is -2.03. The monoisotopic (exact) mass is 220 g/mol. The predicted octanol–water partition coefficient (Wildman–Crippen LogP) is 2.79. The first-order valence-corrected chi connectivity index (χ1v) is 4.90. The fraction of sp³-hybridized carbons (Fsp3) is 0.182. The van der Waals surface area contributed by atoms with Crippen LogP contribution in [-0.2, 0) is 0 Å². The van der Waals surface area contributed by atoms with Gasteiger partial charge >= 0.3 is 0 Å². The van der Waals surface area contributed by atoms with Crippen LogP contribution in [0.15, 0.2) is 18.2 Å². The molecular formula is C11H9ClN2O. The van der Waals surface area contributed by atoms with Crippen molar-refractivity contribution in [3.8, 4) is 0 Å². The molecule has 0 bridgehead atoms. The lowest BCUT2D eigenvalue weighted by molar-refractivity contribution is 0.100. The van der Waals surface area contributed by atoms with Crippen LogP contribution in [0.3, 0.4) is 0 Å². The van der Waals surface area contributed by atoms with Crippen molar-refractivity contribution in [3.05, 3.63) is 34.7 Å². The molecule has 0 fully saturated rings. The molecule has 15 heavy (non-hydrogen) atoms. The minimum atomic E-state index is -0.139. The molecule has 0 aliphatic carbocycles. The molecule has 0 aliphatic heterocycles. The molecule has 2 aromatic rings. The first kappa shape index (κ1) is 10.1. The Kier molecular flexibility index (Phi) is 2.40. The minimum absolute atomic E-state index is 0.139. The fourth-order valence-corrected chi connectivity index (χ4v) is 1.59. The van der Waals surface area contributed by atoms with Crippen molar-refractivity contribution in [2.24, 2.45) is 0 Å². The van der Waals surface area contributed by atoms with Gasteiger partial charge in [-0.2, -0.15) is 0 Å². The zero-order chi connectivity index (χ0) is 11.0. The van der Waals surface area contributed by atoms with E-state index in [0.29, 0.717) is 10.5 Å². The number of aryl methyl sites for hydroxylation is 1. The molecule has 0 atom stereocenters. The van der Waals surface area contributed by atoms with Crippen LogP contribution in [0.4, 0.5) is 0 Å². The molecule has 2 rings (SSSR count). The highest BCUT2D eigenvalue weighted by Gasteiger charge is 2.07. The van der Waals surface area contributed by atoms with E-state index < -0.39 is 0 Å². The van der Waals surface area contributed by atoms with Crippen LogP contribution in [0, 0.1) is 6.92 Å². The van der Waals surface area contributed by atoms with E-state index in [1.54, 1.807) is 12.1 Å². The number of aromatic nitrogens is 2. The molecule has 0 aliphatic rings. The van der Waals surface area contributed by atoms with Crippen molar-refractivity contribution in [3.63, 3.8) is 0 Å². The Morgan fingerprint density at radius 1 is 1.33 bits per heavy atom. The quantitative estimate of drug-likeness (QED) is 0.694. The van der Waals surface area contributed by atoms with E-state index in [2.05, 4.69) is 9.97 Å². The van der Waals surface area contributed by atoms with E-state index >= 15 is 0 Å². The highest BCUT2D eigenvalue weighted by atomic mass is 35.5. The van der Waals surface area contributed by atoms with Crippen molar-refractivity contribution < 1.29 is 4.79 Å². The molecular weight excluding hydrogens is 212 g/mol. The van der Waals surface area contributed by atoms with E-state index in [1.165, 1.54) is 6.92 Å². The standard InChI is InChI=1S/C11H9ClN2O/c1-6-9-4-3-8(12)5-10(9)14-11(13-6)7(2)15/h3-5H,1-2H3. The van der Waals surface area contributed by atoms with Gasteiger partial charge in [-0.25, -0.2) is 9.97 Å². The summed E-state index contributed by atoms with van der Waals surface area (Å²) in [6, 6.07) is 5.38. The van der Waals surface area contributed by atoms with Crippen LogP contribution in [0.2, 0.25) is 5.02 Å². The predicted molar refractivity (Wildman–Crippen MR) is 59.3 cm³/mol. The summed E-state index contributed by atoms with van der Waals surface area (Å²) in [6.45, 7) is 3.30. The van der Waals surface area contributed by atoms with Gasteiger partial charge in [0.2, 0.25) is 0 Å². The maximum atomic E-state index is 11.2. The van der Waals surface area contributed by atoms with Crippen LogP contribution in [0.25, 0.3) is 10.9 Å². The second kappa shape index (κ2) is 3.59. The fourth-order valence-electron chi connectivity index (χ4n) is 1.42. The number of Topliss-reactive ketones (excluding diaryl/α,β-unsaturated/α-hetero) is 1. The average Bonchev–Trinajstić information content (AvgIpc) is 2.16. The van der Waals surface area contributed by atoms with Crippen molar-refractivity contribution in [2.45, 2.75) is 13.8 Å². The Balaban J connectivity index is 2.79. The zero-order valence-electron chi connectivity index (χ0n) is 8.41. The average molecular weight is 221 g/mol. The van der Waals surface area contributed by atoms with Gasteiger partial charge in [0.1, 0.15) is 0 Å². The largest absolute Gasteiger partial charge is 0.291 e. The van der Waals surface area contributed by atoms with Crippen LogP contribution in [0.1, 0.15) is 23.2 Å². The van der Waals surface area contributed by atoms with Gasteiger partial charge in [0, 0.05) is 23.0 Å². The van der Waals surface area contributed by atoms with Gasteiger partial charge < -0.3 is 0 Å². The Labute approximate surface area is 92.1 Å². The lowest BCUT2D eigenvalue weighted by Gasteiger charge is -2.03. The number of halogens is 1. The van der Waals surface area contributed by atoms with E-state index in [1.807, 2.05) is 13.0 Å². The molecule has 0 radical (unpaired) electrons.